The van der Waals surface area contributed by atoms with E-state index in [0.717, 1.165) is 22.4 Å². The second-order valence-corrected chi connectivity index (χ2v) is 7.27. The first kappa shape index (κ1) is 18.9. The highest BCUT2D eigenvalue weighted by molar-refractivity contribution is 5.98. The Morgan fingerprint density at radius 2 is 1.63 bits per heavy atom. The molecule has 140 valence electrons. The molecule has 0 atom stereocenters. The summed E-state index contributed by atoms with van der Waals surface area (Å²) in [6.45, 7) is 5.24. The lowest BCUT2D eigenvalue weighted by molar-refractivity contribution is -0.125. The molecule has 0 saturated heterocycles. The SMILES string of the molecule is CC(C)CNC(=O)CCC(=O)N1Cc2ccccc2/C=C\c2ccccc21. The van der Waals surface area contributed by atoms with Crippen LogP contribution in [-0.4, -0.2) is 18.4 Å². The van der Waals surface area contributed by atoms with Gasteiger partial charge in [0.05, 0.1) is 12.2 Å². The average molecular weight is 362 g/mol. The number of nitrogens with one attached hydrogen (secondary N) is 1. The fraction of sp³-hybridized carbons (Fsp3) is 0.304. The molecular formula is C23H26N2O2. The van der Waals surface area contributed by atoms with Crippen molar-refractivity contribution in [1.29, 1.82) is 0 Å². The quantitative estimate of drug-likeness (QED) is 0.864. The Balaban J connectivity index is 1.80. The van der Waals surface area contributed by atoms with Crippen LogP contribution in [0.25, 0.3) is 12.2 Å². The third-order valence-electron chi connectivity index (χ3n) is 4.63. The number of fused-ring (bicyclic) bond motifs is 2. The largest absolute Gasteiger partial charge is 0.356 e. The Bertz CT molecular complexity index is 855. The Hall–Kier alpha value is -2.88. The number of carbonyl (C=O) groups excluding carboxylic acids is 2. The van der Waals surface area contributed by atoms with Gasteiger partial charge in [-0.15, -0.1) is 0 Å². The van der Waals surface area contributed by atoms with Crippen LogP contribution in [0.5, 0.6) is 0 Å². The molecule has 2 amide bonds. The van der Waals surface area contributed by atoms with Gasteiger partial charge in [0.1, 0.15) is 0 Å². The summed E-state index contributed by atoms with van der Waals surface area (Å²) in [6, 6.07) is 16.0. The highest BCUT2D eigenvalue weighted by Crippen LogP contribution is 2.29. The van der Waals surface area contributed by atoms with E-state index in [1.54, 1.807) is 4.90 Å². The minimum absolute atomic E-state index is 0.0350. The van der Waals surface area contributed by atoms with Crippen LogP contribution in [0.4, 0.5) is 5.69 Å². The number of carbonyl (C=O) groups is 2. The van der Waals surface area contributed by atoms with Gasteiger partial charge in [0.15, 0.2) is 0 Å². The van der Waals surface area contributed by atoms with Crippen LogP contribution in [0.1, 0.15) is 43.4 Å². The number of rotatable bonds is 5. The molecule has 0 aliphatic carbocycles. The first-order chi connectivity index (χ1) is 13.0. The molecule has 1 aliphatic rings. The lowest BCUT2D eigenvalue weighted by Gasteiger charge is -2.27. The number of para-hydroxylation sites is 1. The van der Waals surface area contributed by atoms with Gasteiger partial charge in [-0.3, -0.25) is 9.59 Å². The zero-order valence-electron chi connectivity index (χ0n) is 15.9. The van der Waals surface area contributed by atoms with Crippen molar-refractivity contribution in [2.24, 2.45) is 5.92 Å². The summed E-state index contributed by atoms with van der Waals surface area (Å²) in [4.78, 5) is 26.8. The van der Waals surface area contributed by atoms with Gasteiger partial charge in [0.25, 0.3) is 0 Å². The molecule has 0 unspecified atom stereocenters. The molecule has 0 aromatic heterocycles. The third kappa shape index (κ3) is 4.85. The van der Waals surface area contributed by atoms with Crippen molar-refractivity contribution in [3.63, 3.8) is 0 Å². The Morgan fingerprint density at radius 3 is 2.41 bits per heavy atom. The standard InChI is InChI=1S/C23H26N2O2/c1-17(2)15-24-22(26)13-14-23(27)25-16-20-9-4-3-7-18(20)11-12-19-8-5-6-10-21(19)25/h3-12,17H,13-16H2,1-2H3,(H,24,26)/b12-11-. The van der Waals surface area contributed by atoms with Gasteiger partial charge < -0.3 is 10.2 Å². The molecular weight excluding hydrogens is 336 g/mol. The normalized spacial score (nSPS) is 14.0. The molecule has 0 radical (unpaired) electrons. The molecule has 27 heavy (non-hydrogen) atoms. The summed E-state index contributed by atoms with van der Waals surface area (Å²) >= 11 is 0. The summed E-state index contributed by atoms with van der Waals surface area (Å²) in [5.74, 6) is 0.291. The average Bonchev–Trinajstić information content (AvgIpc) is 2.66. The maximum absolute atomic E-state index is 13.0. The number of hydrogen-bond donors (Lipinski definition) is 1. The lowest BCUT2D eigenvalue weighted by atomic mass is 10.0. The predicted octanol–water partition coefficient (Wildman–Crippen LogP) is 4.26. The van der Waals surface area contributed by atoms with E-state index in [0.29, 0.717) is 19.0 Å². The number of amides is 2. The van der Waals surface area contributed by atoms with E-state index in [4.69, 9.17) is 0 Å². The van der Waals surface area contributed by atoms with Crippen LogP contribution in [0.2, 0.25) is 0 Å². The fourth-order valence-corrected chi connectivity index (χ4v) is 3.13. The monoisotopic (exact) mass is 362 g/mol. The number of anilines is 1. The van der Waals surface area contributed by atoms with Crippen molar-refractivity contribution >= 4 is 29.7 Å². The smallest absolute Gasteiger partial charge is 0.227 e. The molecule has 0 bridgehead atoms. The molecule has 2 aromatic carbocycles. The van der Waals surface area contributed by atoms with Crippen molar-refractivity contribution in [3.8, 4) is 0 Å². The molecule has 0 saturated carbocycles. The molecule has 1 N–H and O–H groups in total. The zero-order valence-corrected chi connectivity index (χ0v) is 15.9. The van der Waals surface area contributed by atoms with Gasteiger partial charge in [-0.25, -0.2) is 0 Å². The van der Waals surface area contributed by atoms with Gasteiger partial charge in [0, 0.05) is 19.4 Å². The van der Waals surface area contributed by atoms with Crippen LogP contribution in [0, 0.1) is 5.92 Å². The zero-order chi connectivity index (χ0) is 19.2. The van der Waals surface area contributed by atoms with Gasteiger partial charge in [-0.05, 0) is 28.7 Å². The van der Waals surface area contributed by atoms with Crippen LogP contribution < -0.4 is 10.2 Å². The van der Waals surface area contributed by atoms with Crippen LogP contribution in [-0.2, 0) is 16.1 Å². The fourth-order valence-electron chi connectivity index (χ4n) is 3.13. The maximum Gasteiger partial charge on any atom is 0.227 e. The van der Waals surface area contributed by atoms with E-state index < -0.39 is 0 Å². The van der Waals surface area contributed by atoms with Crippen LogP contribution in [0.15, 0.2) is 48.5 Å². The van der Waals surface area contributed by atoms with E-state index in [9.17, 15) is 9.59 Å². The maximum atomic E-state index is 13.0. The summed E-state index contributed by atoms with van der Waals surface area (Å²) in [7, 11) is 0. The summed E-state index contributed by atoms with van der Waals surface area (Å²) in [6.07, 6.45) is 4.55. The second-order valence-electron chi connectivity index (χ2n) is 7.27. The summed E-state index contributed by atoms with van der Waals surface area (Å²) in [5.41, 5.74) is 4.10. The van der Waals surface area contributed by atoms with Gasteiger partial charge in [-0.2, -0.15) is 0 Å². The van der Waals surface area contributed by atoms with Gasteiger partial charge >= 0.3 is 0 Å². The van der Waals surface area contributed by atoms with E-state index in [-0.39, 0.29) is 24.7 Å². The van der Waals surface area contributed by atoms with Crippen molar-refractivity contribution in [2.45, 2.75) is 33.2 Å². The first-order valence-electron chi connectivity index (χ1n) is 9.46. The Labute approximate surface area is 160 Å². The summed E-state index contributed by atoms with van der Waals surface area (Å²) in [5, 5.41) is 2.88. The minimum Gasteiger partial charge on any atom is -0.356 e. The number of benzene rings is 2. The number of nitrogens with zero attached hydrogens (tertiary/aromatic N) is 1. The topological polar surface area (TPSA) is 49.4 Å². The molecule has 1 heterocycles. The molecule has 4 heteroatoms. The van der Waals surface area contributed by atoms with Crippen LogP contribution >= 0.6 is 0 Å². The van der Waals surface area contributed by atoms with Gasteiger partial charge in [-0.1, -0.05) is 68.5 Å². The van der Waals surface area contributed by atoms with Crippen molar-refractivity contribution < 1.29 is 9.59 Å². The first-order valence-corrected chi connectivity index (χ1v) is 9.46. The van der Waals surface area contributed by atoms with Crippen molar-refractivity contribution in [1.82, 2.24) is 5.32 Å². The number of hydrogen-bond acceptors (Lipinski definition) is 2. The third-order valence-corrected chi connectivity index (χ3v) is 4.63. The van der Waals surface area contributed by atoms with E-state index in [1.165, 1.54) is 0 Å². The highest BCUT2D eigenvalue weighted by atomic mass is 16.2. The Morgan fingerprint density at radius 1 is 0.963 bits per heavy atom. The Kier molecular flexibility index (Phi) is 6.07. The van der Waals surface area contributed by atoms with Gasteiger partial charge in [0.2, 0.25) is 11.8 Å². The highest BCUT2D eigenvalue weighted by Gasteiger charge is 2.21. The molecule has 1 aliphatic heterocycles. The molecule has 2 aromatic rings. The van der Waals surface area contributed by atoms with E-state index in [2.05, 4.69) is 17.5 Å². The molecule has 0 spiro atoms. The van der Waals surface area contributed by atoms with Crippen molar-refractivity contribution in [3.05, 3.63) is 65.2 Å². The van der Waals surface area contributed by atoms with Crippen LogP contribution in [0.3, 0.4) is 0 Å². The van der Waals surface area contributed by atoms with E-state index >= 15 is 0 Å². The summed E-state index contributed by atoms with van der Waals surface area (Å²) < 4.78 is 0. The molecule has 0 fully saturated rings. The second kappa shape index (κ2) is 8.67. The van der Waals surface area contributed by atoms with E-state index in [1.807, 2.05) is 62.4 Å². The van der Waals surface area contributed by atoms with Crippen molar-refractivity contribution in [2.75, 3.05) is 11.4 Å². The molecule has 4 nitrogen and oxygen atoms in total. The lowest BCUT2D eigenvalue weighted by Crippen LogP contribution is -2.33. The molecule has 3 rings (SSSR count). The minimum atomic E-state index is -0.0716. The predicted molar refractivity (Wildman–Crippen MR) is 110 cm³/mol.